The molecule has 108 valence electrons. The Balaban J connectivity index is 1.76. The fraction of sp³-hybridized carbons (Fsp3) is 0.533. The van der Waals surface area contributed by atoms with Crippen molar-refractivity contribution in [3.63, 3.8) is 0 Å². The molecule has 1 aromatic rings. The molecule has 3 N–H and O–H groups in total. The van der Waals surface area contributed by atoms with Gasteiger partial charge in [-0.25, -0.2) is 0 Å². The predicted octanol–water partition coefficient (Wildman–Crippen LogP) is 1.45. The molecule has 1 aromatic carbocycles. The van der Waals surface area contributed by atoms with E-state index in [0.29, 0.717) is 12.1 Å². The van der Waals surface area contributed by atoms with Crippen LogP contribution in [0.4, 0.5) is 0 Å². The molecule has 3 rings (SSSR count). The Morgan fingerprint density at radius 1 is 1.25 bits per heavy atom. The number of phenolic OH excluding ortho intramolecular Hbond substituents is 2. The summed E-state index contributed by atoms with van der Waals surface area (Å²) in [7, 11) is 1.80. The third-order valence-corrected chi connectivity index (χ3v) is 4.53. The summed E-state index contributed by atoms with van der Waals surface area (Å²) in [5, 5.41) is 22.6. The topological polar surface area (TPSA) is 72.8 Å². The van der Waals surface area contributed by atoms with Crippen LogP contribution in [-0.4, -0.2) is 46.2 Å². The Morgan fingerprint density at radius 2 is 1.90 bits per heavy atom. The Bertz CT molecular complexity index is 520. The molecular formula is C15H20N2O3. The minimum Gasteiger partial charge on any atom is -0.508 e. The third kappa shape index (κ3) is 2.33. The second-order valence-corrected chi connectivity index (χ2v) is 5.88. The van der Waals surface area contributed by atoms with E-state index in [1.807, 2.05) is 0 Å². The van der Waals surface area contributed by atoms with Crippen LogP contribution in [0.2, 0.25) is 0 Å². The van der Waals surface area contributed by atoms with Gasteiger partial charge in [0, 0.05) is 31.2 Å². The van der Waals surface area contributed by atoms with Crippen molar-refractivity contribution in [3.8, 4) is 11.5 Å². The summed E-state index contributed by atoms with van der Waals surface area (Å²) in [5.41, 5.74) is 0.246. The number of nitrogens with one attached hydrogen (secondary N) is 1. The highest BCUT2D eigenvalue weighted by Crippen LogP contribution is 2.31. The molecule has 2 saturated heterocycles. The Morgan fingerprint density at radius 3 is 2.50 bits per heavy atom. The van der Waals surface area contributed by atoms with Crippen LogP contribution in [0, 0.1) is 0 Å². The lowest BCUT2D eigenvalue weighted by Gasteiger charge is -2.35. The van der Waals surface area contributed by atoms with Gasteiger partial charge in [0.2, 0.25) is 0 Å². The van der Waals surface area contributed by atoms with E-state index < -0.39 is 0 Å². The van der Waals surface area contributed by atoms with E-state index in [1.54, 1.807) is 11.9 Å². The van der Waals surface area contributed by atoms with Crippen LogP contribution < -0.4 is 5.32 Å². The number of fused-ring (bicyclic) bond motifs is 2. The Hall–Kier alpha value is -1.75. The molecule has 0 radical (unpaired) electrons. The fourth-order valence-corrected chi connectivity index (χ4v) is 3.40. The van der Waals surface area contributed by atoms with Gasteiger partial charge in [-0.15, -0.1) is 0 Å². The zero-order chi connectivity index (χ0) is 14.3. The molecule has 5 nitrogen and oxygen atoms in total. The van der Waals surface area contributed by atoms with Crippen LogP contribution in [-0.2, 0) is 0 Å². The number of hydrogen-bond acceptors (Lipinski definition) is 4. The number of phenols is 2. The van der Waals surface area contributed by atoms with Crippen molar-refractivity contribution in [1.82, 2.24) is 10.2 Å². The predicted molar refractivity (Wildman–Crippen MR) is 74.8 cm³/mol. The number of piperidine rings is 1. The average molecular weight is 276 g/mol. The molecule has 2 aliphatic rings. The van der Waals surface area contributed by atoms with Crippen molar-refractivity contribution < 1.29 is 15.0 Å². The summed E-state index contributed by atoms with van der Waals surface area (Å²) in [6.45, 7) is 0. The van der Waals surface area contributed by atoms with Gasteiger partial charge in [-0.2, -0.15) is 0 Å². The molecule has 1 amide bonds. The van der Waals surface area contributed by atoms with Gasteiger partial charge >= 0.3 is 0 Å². The smallest absolute Gasteiger partial charge is 0.257 e. The monoisotopic (exact) mass is 276 g/mol. The van der Waals surface area contributed by atoms with Crippen molar-refractivity contribution in [2.75, 3.05) is 7.05 Å². The lowest BCUT2D eigenvalue weighted by molar-refractivity contribution is 0.0678. The fourth-order valence-electron chi connectivity index (χ4n) is 3.40. The number of rotatable bonds is 2. The highest BCUT2D eigenvalue weighted by atomic mass is 16.3. The third-order valence-electron chi connectivity index (χ3n) is 4.53. The van der Waals surface area contributed by atoms with Gasteiger partial charge in [0.25, 0.3) is 5.91 Å². The van der Waals surface area contributed by atoms with Gasteiger partial charge in [0.15, 0.2) is 0 Å². The van der Waals surface area contributed by atoms with E-state index >= 15 is 0 Å². The number of carbonyl (C=O) groups is 1. The maximum Gasteiger partial charge on any atom is 0.257 e. The number of hydrogen-bond donors (Lipinski definition) is 3. The van der Waals surface area contributed by atoms with Crippen molar-refractivity contribution in [2.24, 2.45) is 0 Å². The summed E-state index contributed by atoms with van der Waals surface area (Å²) in [6.07, 6.45) is 4.32. The molecule has 2 aliphatic heterocycles. The lowest BCUT2D eigenvalue weighted by atomic mass is 9.98. The number of nitrogens with zero attached hydrogens (tertiary/aromatic N) is 1. The lowest BCUT2D eigenvalue weighted by Crippen LogP contribution is -2.48. The van der Waals surface area contributed by atoms with Crippen molar-refractivity contribution in [2.45, 2.75) is 43.8 Å². The van der Waals surface area contributed by atoms with E-state index in [4.69, 9.17) is 0 Å². The van der Waals surface area contributed by atoms with Gasteiger partial charge in [-0.05, 0) is 37.8 Å². The van der Waals surface area contributed by atoms with E-state index in [1.165, 1.54) is 31.0 Å². The van der Waals surface area contributed by atoms with Crippen LogP contribution in [0.15, 0.2) is 18.2 Å². The van der Waals surface area contributed by atoms with Crippen LogP contribution in [0.25, 0.3) is 0 Å². The van der Waals surface area contributed by atoms with Gasteiger partial charge in [-0.3, -0.25) is 4.79 Å². The molecule has 2 atom stereocenters. The largest absolute Gasteiger partial charge is 0.508 e. The number of amides is 1. The maximum atomic E-state index is 12.5. The van der Waals surface area contributed by atoms with Gasteiger partial charge in [0.1, 0.15) is 11.5 Å². The quantitative estimate of drug-likeness (QED) is 0.764. The van der Waals surface area contributed by atoms with Crippen LogP contribution in [0.5, 0.6) is 11.5 Å². The summed E-state index contributed by atoms with van der Waals surface area (Å²) < 4.78 is 0. The van der Waals surface area contributed by atoms with E-state index in [-0.39, 0.29) is 29.0 Å². The number of benzene rings is 1. The minimum absolute atomic E-state index is 0.0402. The van der Waals surface area contributed by atoms with Crippen molar-refractivity contribution in [1.29, 1.82) is 0 Å². The van der Waals surface area contributed by atoms with Gasteiger partial charge < -0.3 is 20.4 Å². The molecule has 0 aliphatic carbocycles. The normalized spacial score (nSPS) is 28.4. The SMILES string of the molecule is CN(C(=O)c1ccc(O)cc1O)C1CC2CCC(C1)N2. The Kier molecular flexibility index (Phi) is 3.30. The van der Waals surface area contributed by atoms with Crippen LogP contribution in [0.1, 0.15) is 36.0 Å². The van der Waals surface area contributed by atoms with Crippen molar-refractivity contribution >= 4 is 5.91 Å². The van der Waals surface area contributed by atoms with Gasteiger partial charge in [0.05, 0.1) is 5.56 Å². The first-order valence-corrected chi connectivity index (χ1v) is 7.10. The van der Waals surface area contributed by atoms with Crippen LogP contribution in [0.3, 0.4) is 0 Å². The maximum absolute atomic E-state index is 12.5. The summed E-state index contributed by atoms with van der Waals surface area (Å²) in [5.74, 6) is -0.394. The summed E-state index contributed by atoms with van der Waals surface area (Å²) >= 11 is 0. The molecule has 2 heterocycles. The average Bonchev–Trinajstić information content (AvgIpc) is 2.76. The first kappa shape index (κ1) is 13.2. The summed E-state index contributed by atoms with van der Waals surface area (Å²) in [4.78, 5) is 14.2. The zero-order valence-electron chi connectivity index (χ0n) is 11.5. The number of aromatic hydroxyl groups is 2. The Labute approximate surface area is 118 Å². The minimum atomic E-state index is -0.186. The first-order chi connectivity index (χ1) is 9.54. The van der Waals surface area contributed by atoms with E-state index in [2.05, 4.69) is 5.32 Å². The second-order valence-electron chi connectivity index (χ2n) is 5.88. The molecule has 0 spiro atoms. The number of carbonyl (C=O) groups excluding carboxylic acids is 1. The molecule has 2 unspecified atom stereocenters. The molecule has 2 fully saturated rings. The van der Waals surface area contributed by atoms with E-state index in [0.717, 1.165) is 12.8 Å². The molecule has 5 heteroatoms. The molecule has 0 saturated carbocycles. The zero-order valence-corrected chi connectivity index (χ0v) is 11.5. The first-order valence-electron chi connectivity index (χ1n) is 7.10. The standard InChI is InChI=1S/C15H20N2O3/c1-17(11-6-9-2-3-10(7-11)16-9)15(20)13-5-4-12(18)8-14(13)19/h4-5,8-11,16,18-19H,2-3,6-7H2,1H3. The molecule has 2 bridgehead atoms. The second kappa shape index (κ2) is 4.98. The molecule has 0 aromatic heterocycles. The summed E-state index contributed by atoms with van der Waals surface area (Å²) in [6, 6.07) is 5.35. The van der Waals surface area contributed by atoms with Gasteiger partial charge in [-0.1, -0.05) is 0 Å². The van der Waals surface area contributed by atoms with E-state index in [9.17, 15) is 15.0 Å². The van der Waals surface area contributed by atoms with Crippen LogP contribution >= 0.6 is 0 Å². The highest BCUT2D eigenvalue weighted by molar-refractivity contribution is 5.97. The highest BCUT2D eigenvalue weighted by Gasteiger charge is 2.36. The molecule has 20 heavy (non-hydrogen) atoms. The van der Waals surface area contributed by atoms with Crippen molar-refractivity contribution in [3.05, 3.63) is 23.8 Å². The molecular weight excluding hydrogens is 256 g/mol.